The van der Waals surface area contributed by atoms with E-state index in [0.29, 0.717) is 19.8 Å². The Bertz CT molecular complexity index is 568. The molecule has 0 radical (unpaired) electrons. The molecule has 2 atom stereocenters. The molecule has 3 heteroatoms. The summed E-state index contributed by atoms with van der Waals surface area (Å²) in [4.78, 5) is 4.30. The summed E-state index contributed by atoms with van der Waals surface area (Å²) in [6.07, 6.45) is 1.81. The first kappa shape index (κ1) is 14.0. The minimum atomic E-state index is -0.0612. The minimum absolute atomic E-state index is 0.00826. The molecule has 1 aliphatic rings. The molecule has 0 aliphatic carbocycles. The van der Waals surface area contributed by atoms with Crippen molar-refractivity contribution >= 4 is 6.21 Å². The third kappa shape index (κ3) is 4.00. The first-order valence-corrected chi connectivity index (χ1v) is 7.23. The molecule has 108 valence electrons. The zero-order valence-electron chi connectivity index (χ0n) is 11.9. The van der Waals surface area contributed by atoms with E-state index in [9.17, 15) is 0 Å². The lowest BCUT2D eigenvalue weighted by Gasteiger charge is -2.19. The molecule has 0 N–H and O–H groups in total. The van der Waals surface area contributed by atoms with E-state index in [1.54, 1.807) is 0 Å². The zero-order chi connectivity index (χ0) is 14.3. The van der Waals surface area contributed by atoms with Crippen LogP contribution >= 0.6 is 0 Å². The van der Waals surface area contributed by atoms with Gasteiger partial charge in [-0.25, -0.2) is 0 Å². The van der Waals surface area contributed by atoms with Crippen LogP contribution in [0.3, 0.4) is 0 Å². The maximum atomic E-state index is 5.94. The third-order valence-corrected chi connectivity index (χ3v) is 3.50. The number of hydrogen-bond acceptors (Lipinski definition) is 3. The van der Waals surface area contributed by atoms with Crippen LogP contribution in [0.25, 0.3) is 0 Å². The summed E-state index contributed by atoms with van der Waals surface area (Å²) in [6.45, 7) is 1.86. The van der Waals surface area contributed by atoms with Crippen molar-refractivity contribution in [1.82, 2.24) is 0 Å². The molecular weight excluding hydrogens is 262 g/mol. The first-order chi connectivity index (χ1) is 10.4. The quantitative estimate of drug-likeness (QED) is 0.814. The van der Waals surface area contributed by atoms with Gasteiger partial charge in [-0.1, -0.05) is 60.7 Å². The van der Waals surface area contributed by atoms with E-state index in [0.717, 1.165) is 0 Å². The summed E-state index contributed by atoms with van der Waals surface area (Å²) in [6, 6.07) is 20.3. The van der Waals surface area contributed by atoms with Crippen molar-refractivity contribution in [2.75, 3.05) is 6.54 Å². The number of ether oxygens (including phenoxy) is 2. The summed E-state index contributed by atoms with van der Waals surface area (Å²) in [5, 5.41) is 0. The highest BCUT2D eigenvalue weighted by atomic mass is 16.5. The number of hydrogen-bond donors (Lipinski definition) is 0. The van der Waals surface area contributed by atoms with Gasteiger partial charge < -0.3 is 9.47 Å². The van der Waals surface area contributed by atoms with E-state index in [-0.39, 0.29) is 12.2 Å². The average Bonchev–Trinajstić information content (AvgIpc) is 3.00. The fourth-order valence-electron chi connectivity index (χ4n) is 2.31. The lowest BCUT2D eigenvalue weighted by atomic mass is 10.2. The molecule has 0 saturated carbocycles. The van der Waals surface area contributed by atoms with Crippen LogP contribution in [0, 0.1) is 0 Å². The van der Waals surface area contributed by atoms with E-state index in [1.807, 2.05) is 42.6 Å². The average molecular weight is 281 g/mol. The molecule has 21 heavy (non-hydrogen) atoms. The Balaban J connectivity index is 1.49. The van der Waals surface area contributed by atoms with Crippen LogP contribution < -0.4 is 0 Å². The number of nitrogens with zero attached hydrogens (tertiary/aromatic N) is 1. The van der Waals surface area contributed by atoms with Crippen molar-refractivity contribution in [3.8, 4) is 0 Å². The predicted molar refractivity (Wildman–Crippen MR) is 83.4 cm³/mol. The second-order valence-corrected chi connectivity index (χ2v) is 5.11. The van der Waals surface area contributed by atoms with Crippen LogP contribution in [0.2, 0.25) is 0 Å². The molecule has 2 aromatic carbocycles. The van der Waals surface area contributed by atoms with E-state index in [2.05, 4.69) is 29.3 Å². The Morgan fingerprint density at radius 1 is 0.810 bits per heavy atom. The molecule has 0 unspecified atom stereocenters. The second kappa shape index (κ2) is 7.16. The summed E-state index contributed by atoms with van der Waals surface area (Å²) in [5.41, 5.74) is 2.34. The van der Waals surface area contributed by atoms with E-state index < -0.39 is 0 Å². The minimum Gasteiger partial charge on any atom is -0.368 e. The fraction of sp³-hybridized carbons (Fsp3) is 0.278. The normalized spacial score (nSPS) is 20.8. The van der Waals surface area contributed by atoms with Crippen molar-refractivity contribution < 1.29 is 9.47 Å². The van der Waals surface area contributed by atoms with Gasteiger partial charge in [0, 0.05) is 6.21 Å². The molecule has 1 heterocycles. The molecule has 0 bridgehead atoms. The summed E-state index contributed by atoms with van der Waals surface area (Å²) in [7, 11) is 0. The van der Waals surface area contributed by atoms with Crippen molar-refractivity contribution in [2.45, 2.75) is 25.4 Å². The standard InChI is InChI=1S/C18H19NO2/c1-3-7-15(8-4-1)13-20-17-11-19-12-18(17)21-14-16-9-5-2-6-10-16/h1-11,17-18H,12-14H2/t17-,18-/m1/s1. The highest BCUT2D eigenvalue weighted by molar-refractivity contribution is 5.66. The van der Waals surface area contributed by atoms with Gasteiger partial charge in [0.05, 0.1) is 19.8 Å². The van der Waals surface area contributed by atoms with Gasteiger partial charge in [0.15, 0.2) is 0 Å². The van der Waals surface area contributed by atoms with Gasteiger partial charge in [-0.15, -0.1) is 0 Å². The Labute approximate surface area is 125 Å². The van der Waals surface area contributed by atoms with Crippen molar-refractivity contribution in [2.24, 2.45) is 4.99 Å². The number of aliphatic imine (C=N–C) groups is 1. The van der Waals surface area contributed by atoms with Crippen LogP contribution in [-0.4, -0.2) is 25.0 Å². The summed E-state index contributed by atoms with van der Waals surface area (Å²) in [5.74, 6) is 0. The van der Waals surface area contributed by atoms with Gasteiger partial charge in [-0.3, -0.25) is 4.99 Å². The zero-order valence-corrected chi connectivity index (χ0v) is 11.9. The largest absolute Gasteiger partial charge is 0.368 e. The first-order valence-electron chi connectivity index (χ1n) is 7.23. The van der Waals surface area contributed by atoms with Crippen LogP contribution in [0.1, 0.15) is 11.1 Å². The highest BCUT2D eigenvalue weighted by Gasteiger charge is 2.25. The van der Waals surface area contributed by atoms with Crippen molar-refractivity contribution in [1.29, 1.82) is 0 Å². The number of benzene rings is 2. The monoisotopic (exact) mass is 281 g/mol. The maximum absolute atomic E-state index is 5.94. The second-order valence-electron chi connectivity index (χ2n) is 5.11. The fourth-order valence-corrected chi connectivity index (χ4v) is 2.31. The van der Waals surface area contributed by atoms with E-state index in [1.165, 1.54) is 11.1 Å². The molecular formula is C18H19NO2. The van der Waals surface area contributed by atoms with Gasteiger partial charge in [0.25, 0.3) is 0 Å². The molecule has 0 amide bonds. The van der Waals surface area contributed by atoms with Crippen LogP contribution in [0.15, 0.2) is 65.7 Å². The topological polar surface area (TPSA) is 30.8 Å². The Hall–Kier alpha value is -1.97. The van der Waals surface area contributed by atoms with E-state index in [4.69, 9.17) is 9.47 Å². The third-order valence-electron chi connectivity index (χ3n) is 3.50. The molecule has 1 aliphatic heterocycles. The van der Waals surface area contributed by atoms with Crippen LogP contribution in [-0.2, 0) is 22.7 Å². The predicted octanol–water partition coefficient (Wildman–Crippen LogP) is 3.24. The molecule has 0 saturated heterocycles. The Morgan fingerprint density at radius 3 is 2.00 bits per heavy atom. The highest BCUT2D eigenvalue weighted by Crippen LogP contribution is 2.14. The van der Waals surface area contributed by atoms with Gasteiger partial charge in [0.2, 0.25) is 0 Å². The van der Waals surface area contributed by atoms with Gasteiger partial charge in [-0.05, 0) is 11.1 Å². The molecule has 3 nitrogen and oxygen atoms in total. The molecule has 0 aromatic heterocycles. The van der Waals surface area contributed by atoms with Gasteiger partial charge >= 0.3 is 0 Å². The smallest absolute Gasteiger partial charge is 0.120 e. The Kier molecular flexibility index (Phi) is 4.77. The number of rotatable bonds is 6. The van der Waals surface area contributed by atoms with Gasteiger partial charge in [-0.2, -0.15) is 0 Å². The maximum Gasteiger partial charge on any atom is 0.120 e. The summed E-state index contributed by atoms with van der Waals surface area (Å²) < 4.78 is 11.9. The molecule has 0 fully saturated rings. The summed E-state index contributed by atoms with van der Waals surface area (Å²) >= 11 is 0. The lowest BCUT2D eigenvalue weighted by Crippen LogP contribution is -2.30. The molecule has 2 aromatic rings. The van der Waals surface area contributed by atoms with E-state index >= 15 is 0 Å². The van der Waals surface area contributed by atoms with Crippen LogP contribution in [0.4, 0.5) is 0 Å². The van der Waals surface area contributed by atoms with Crippen molar-refractivity contribution in [3.63, 3.8) is 0 Å². The lowest BCUT2D eigenvalue weighted by molar-refractivity contribution is -0.0425. The SMILES string of the molecule is C1=NC[C@@H](OCc2ccccc2)[C@@H]1OCc1ccccc1. The van der Waals surface area contributed by atoms with Gasteiger partial charge in [0.1, 0.15) is 12.2 Å². The van der Waals surface area contributed by atoms with Crippen LogP contribution in [0.5, 0.6) is 0 Å². The van der Waals surface area contributed by atoms with Crippen molar-refractivity contribution in [3.05, 3.63) is 71.8 Å². The Morgan fingerprint density at radius 2 is 1.38 bits per heavy atom. The molecule has 3 rings (SSSR count). The molecule has 0 spiro atoms.